The molecule has 1 aliphatic rings. The second kappa shape index (κ2) is 5.48. The molecular weight excluding hydrogens is 240 g/mol. The third-order valence-corrected chi connectivity index (χ3v) is 3.82. The van der Waals surface area contributed by atoms with Crippen molar-refractivity contribution in [3.05, 3.63) is 23.8 Å². The Morgan fingerprint density at radius 3 is 2.84 bits per heavy atom. The molecule has 5 N–H and O–H groups in total. The van der Waals surface area contributed by atoms with E-state index in [1.54, 1.807) is 12.1 Å². The number of likely N-dealkylation sites (tertiary alicyclic amines) is 1. The lowest BCUT2D eigenvalue weighted by atomic mass is 9.93. The van der Waals surface area contributed by atoms with Crippen molar-refractivity contribution < 1.29 is 4.79 Å². The van der Waals surface area contributed by atoms with Gasteiger partial charge in [-0.2, -0.15) is 0 Å². The van der Waals surface area contributed by atoms with Gasteiger partial charge in [0, 0.05) is 12.6 Å². The zero-order chi connectivity index (χ0) is 14.0. The maximum absolute atomic E-state index is 11.3. The van der Waals surface area contributed by atoms with E-state index in [0.29, 0.717) is 23.2 Å². The Labute approximate surface area is 113 Å². The molecule has 1 aromatic rings. The van der Waals surface area contributed by atoms with Gasteiger partial charge >= 0.3 is 0 Å². The van der Waals surface area contributed by atoms with E-state index in [2.05, 4.69) is 24.2 Å². The molecule has 2 rings (SSSR count). The van der Waals surface area contributed by atoms with Gasteiger partial charge in [-0.1, -0.05) is 13.0 Å². The molecule has 0 saturated carbocycles. The summed E-state index contributed by atoms with van der Waals surface area (Å²) in [6.07, 6.45) is 1.07. The van der Waals surface area contributed by atoms with E-state index in [1.165, 1.54) is 0 Å². The normalized spacial score (nSPS) is 24.1. The standard InChI is InChI=1S/C14H22N4O/c1-9-8-18(2)7-6-11(9)17-12-5-3-4-10(13(12)15)14(16)19/h3-5,9,11,17H,6-8,15H2,1-2H3,(H2,16,19). The van der Waals surface area contributed by atoms with Crippen LogP contribution < -0.4 is 16.8 Å². The highest BCUT2D eigenvalue weighted by atomic mass is 16.1. The molecular formula is C14H22N4O. The zero-order valence-electron chi connectivity index (χ0n) is 11.5. The third kappa shape index (κ3) is 2.98. The second-order valence-corrected chi connectivity index (χ2v) is 5.41. The fraction of sp³-hybridized carbons (Fsp3) is 0.500. The van der Waals surface area contributed by atoms with Crippen LogP contribution in [0.3, 0.4) is 0 Å². The summed E-state index contributed by atoms with van der Waals surface area (Å²) in [4.78, 5) is 13.6. The smallest absolute Gasteiger partial charge is 0.250 e. The van der Waals surface area contributed by atoms with Crippen LogP contribution in [0.4, 0.5) is 11.4 Å². The highest BCUT2D eigenvalue weighted by Gasteiger charge is 2.24. The van der Waals surface area contributed by atoms with Gasteiger partial charge in [0.05, 0.1) is 16.9 Å². The Morgan fingerprint density at radius 2 is 2.21 bits per heavy atom. The van der Waals surface area contributed by atoms with E-state index >= 15 is 0 Å². The van der Waals surface area contributed by atoms with Gasteiger partial charge in [0.15, 0.2) is 0 Å². The molecule has 19 heavy (non-hydrogen) atoms. The molecule has 2 atom stereocenters. The Kier molecular flexibility index (Phi) is 3.95. The average Bonchev–Trinajstić information content (AvgIpc) is 2.34. The summed E-state index contributed by atoms with van der Waals surface area (Å²) in [6.45, 7) is 4.35. The predicted molar refractivity (Wildman–Crippen MR) is 78.1 cm³/mol. The summed E-state index contributed by atoms with van der Waals surface area (Å²) >= 11 is 0. The van der Waals surface area contributed by atoms with Crippen molar-refractivity contribution in [3.8, 4) is 0 Å². The number of nitrogens with two attached hydrogens (primary N) is 2. The van der Waals surface area contributed by atoms with Crippen LogP contribution in [0.15, 0.2) is 18.2 Å². The molecule has 1 amide bonds. The minimum atomic E-state index is -0.488. The summed E-state index contributed by atoms with van der Waals surface area (Å²) in [7, 11) is 2.13. The van der Waals surface area contributed by atoms with E-state index in [0.717, 1.165) is 25.2 Å². The predicted octanol–water partition coefficient (Wildman–Crippen LogP) is 1.12. The van der Waals surface area contributed by atoms with Crippen molar-refractivity contribution >= 4 is 17.3 Å². The number of hydrogen-bond donors (Lipinski definition) is 3. The summed E-state index contributed by atoms with van der Waals surface area (Å²) in [5.41, 5.74) is 12.9. The first kappa shape index (κ1) is 13.7. The topological polar surface area (TPSA) is 84.4 Å². The van der Waals surface area contributed by atoms with Crippen molar-refractivity contribution in [1.29, 1.82) is 0 Å². The minimum absolute atomic E-state index is 0.377. The van der Waals surface area contributed by atoms with Gasteiger partial charge in [0.25, 0.3) is 5.91 Å². The lowest BCUT2D eigenvalue weighted by Gasteiger charge is -2.36. The van der Waals surface area contributed by atoms with Gasteiger partial charge in [-0.05, 0) is 38.1 Å². The Hall–Kier alpha value is -1.75. The molecule has 1 saturated heterocycles. The van der Waals surface area contributed by atoms with Crippen LogP contribution in [0.2, 0.25) is 0 Å². The minimum Gasteiger partial charge on any atom is -0.396 e. The highest BCUT2D eigenvalue weighted by Crippen LogP contribution is 2.26. The molecule has 0 bridgehead atoms. The molecule has 0 aromatic heterocycles. The van der Waals surface area contributed by atoms with Gasteiger partial charge in [-0.15, -0.1) is 0 Å². The molecule has 1 heterocycles. The second-order valence-electron chi connectivity index (χ2n) is 5.41. The first-order chi connectivity index (χ1) is 8.99. The van der Waals surface area contributed by atoms with E-state index in [4.69, 9.17) is 11.5 Å². The first-order valence-corrected chi connectivity index (χ1v) is 6.62. The molecule has 1 aromatic carbocycles. The largest absolute Gasteiger partial charge is 0.396 e. The summed E-state index contributed by atoms with van der Waals surface area (Å²) in [5.74, 6) is 0.0490. The van der Waals surface area contributed by atoms with E-state index in [-0.39, 0.29) is 0 Å². The van der Waals surface area contributed by atoms with Gasteiger partial charge < -0.3 is 21.7 Å². The quantitative estimate of drug-likeness (QED) is 0.713. The molecule has 5 nitrogen and oxygen atoms in total. The van der Waals surface area contributed by atoms with Crippen LogP contribution in [0.5, 0.6) is 0 Å². The van der Waals surface area contributed by atoms with E-state index in [1.807, 2.05) is 6.07 Å². The monoisotopic (exact) mass is 262 g/mol. The fourth-order valence-electron chi connectivity index (χ4n) is 2.67. The van der Waals surface area contributed by atoms with Crippen LogP contribution >= 0.6 is 0 Å². The Morgan fingerprint density at radius 1 is 1.47 bits per heavy atom. The first-order valence-electron chi connectivity index (χ1n) is 6.62. The number of piperidine rings is 1. The summed E-state index contributed by atoms with van der Waals surface area (Å²) in [5, 5.41) is 3.46. The third-order valence-electron chi connectivity index (χ3n) is 3.82. The number of anilines is 2. The van der Waals surface area contributed by atoms with Crippen molar-refractivity contribution in [1.82, 2.24) is 4.90 Å². The molecule has 5 heteroatoms. The maximum atomic E-state index is 11.3. The molecule has 1 aliphatic heterocycles. The Bertz CT molecular complexity index is 475. The fourth-order valence-corrected chi connectivity index (χ4v) is 2.67. The Balaban J connectivity index is 2.15. The van der Waals surface area contributed by atoms with Crippen LogP contribution in [-0.4, -0.2) is 37.0 Å². The van der Waals surface area contributed by atoms with Crippen LogP contribution in [0.1, 0.15) is 23.7 Å². The van der Waals surface area contributed by atoms with Crippen LogP contribution in [0.25, 0.3) is 0 Å². The van der Waals surface area contributed by atoms with Crippen molar-refractivity contribution in [2.45, 2.75) is 19.4 Å². The molecule has 0 aliphatic carbocycles. The number of nitrogens with zero attached hydrogens (tertiary/aromatic N) is 1. The summed E-state index contributed by atoms with van der Waals surface area (Å²) < 4.78 is 0. The van der Waals surface area contributed by atoms with Gasteiger partial charge in [0.1, 0.15) is 0 Å². The van der Waals surface area contributed by atoms with Gasteiger partial charge in [-0.25, -0.2) is 0 Å². The number of para-hydroxylation sites is 1. The molecule has 104 valence electrons. The molecule has 1 fully saturated rings. The lowest BCUT2D eigenvalue weighted by molar-refractivity contribution is 0.100. The van der Waals surface area contributed by atoms with E-state index in [9.17, 15) is 4.79 Å². The number of hydrogen-bond acceptors (Lipinski definition) is 4. The van der Waals surface area contributed by atoms with E-state index < -0.39 is 5.91 Å². The van der Waals surface area contributed by atoms with Crippen molar-refractivity contribution in [2.24, 2.45) is 11.7 Å². The number of benzene rings is 1. The number of nitrogens with one attached hydrogen (secondary N) is 1. The number of carbonyl (C=O) groups excluding carboxylic acids is 1. The van der Waals surface area contributed by atoms with Crippen molar-refractivity contribution in [3.63, 3.8) is 0 Å². The van der Waals surface area contributed by atoms with Crippen LogP contribution in [-0.2, 0) is 0 Å². The zero-order valence-corrected chi connectivity index (χ0v) is 11.5. The van der Waals surface area contributed by atoms with Crippen LogP contribution in [0, 0.1) is 5.92 Å². The lowest BCUT2D eigenvalue weighted by Crippen LogP contribution is -2.43. The maximum Gasteiger partial charge on any atom is 0.250 e. The number of carbonyl (C=O) groups is 1. The number of amides is 1. The molecule has 0 radical (unpaired) electrons. The van der Waals surface area contributed by atoms with Gasteiger partial charge in [-0.3, -0.25) is 4.79 Å². The number of primary amides is 1. The van der Waals surface area contributed by atoms with Gasteiger partial charge in [0.2, 0.25) is 0 Å². The SMILES string of the molecule is CC1CN(C)CCC1Nc1cccc(C(N)=O)c1N. The number of nitrogen functional groups attached to an aromatic ring is 1. The summed E-state index contributed by atoms with van der Waals surface area (Å²) in [6, 6.07) is 5.73. The molecule has 2 unspecified atom stereocenters. The molecule has 0 spiro atoms. The number of rotatable bonds is 3. The highest BCUT2D eigenvalue weighted by molar-refractivity contribution is 6.00. The average molecular weight is 262 g/mol. The van der Waals surface area contributed by atoms with Crippen molar-refractivity contribution in [2.75, 3.05) is 31.2 Å².